The molecule has 2 aliphatic heterocycles. The van der Waals surface area contributed by atoms with Crippen LogP contribution >= 0.6 is 0 Å². The SMILES string of the molecule is COCC(=O)N1CCCCCC1C1CCNCC1. The molecule has 0 radical (unpaired) electrons. The summed E-state index contributed by atoms with van der Waals surface area (Å²) in [5.41, 5.74) is 0. The van der Waals surface area contributed by atoms with Crippen LogP contribution in [0.3, 0.4) is 0 Å². The van der Waals surface area contributed by atoms with E-state index in [2.05, 4.69) is 10.2 Å². The Morgan fingerprint density at radius 3 is 2.72 bits per heavy atom. The van der Waals surface area contributed by atoms with E-state index in [0.29, 0.717) is 12.0 Å². The van der Waals surface area contributed by atoms with Crippen LogP contribution in [0.15, 0.2) is 0 Å². The van der Waals surface area contributed by atoms with Gasteiger partial charge in [-0.1, -0.05) is 12.8 Å². The number of hydrogen-bond acceptors (Lipinski definition) is 3. The molecule has 0 saturated carbocycles. The molecule has 2 rings (SSSR count). The minimum atomic E-state index is 0.183. The predicted molar refractivity (Wildman–Crippen MR) is 71.4 cm³/mol. The number of likely N-dealkylation sites (tertiary alicyclic amines) is 1. The number of piperidine rings is 1. The molecule has 1 amide bonds. The summed E-state index contributed by atoms with van der Waals surface area (Å²) < 4.78 is 5.03. The van der Waals surface area contributed by atoms with Gasteiger partial charge in [0.1, 0.15) is 6.61 Å². The zero-order valence-corrected chi connectivity index (χ0v) is 11.5. The first-order valence-corrected chi connectivity index (χ1v) is 7.32. The van der Waals surface area contributed by atoms with Gasteiger partial charge in [0.2, 0.25) is 5.91 Å². The van der Waals surface area contributed by atoms with Crippen molar-refractivity contribution in [3.05, 3.63) is 0 Å². The highest BCUT2D eigenvalue weighted by atomic mass is 16.5. The molecule has 18 heavy (non-hydrogen) atoms. The van der Waals surface area contributed by atoms with Crippen molar-refractivity contribution in [1.82, 2.24) is 10.2 Å². The monoisotopic (exact) mass is 254 g/mol. The molecule has 1 atom stereocenters. The molecule has 1 N–H and O–H groups in total. The molecule has 2 fully saturated rings. The molecule has 0 spiro atoms. The quantitative estimate of drug-likeness (QED) is 0.828. The predicted octanol–water partition coefficient (Wildman–Crippen LogP) is 1.40. The summed E-state index contributed by atoms with van der Waals surface area (Å²) in [6.45, 7) is 3.37. The van der Waals surface area contributed by atoms with Gasteiger partial charge in [0.25, 0.3) is 0 Å². The van der Waals surface area contributed by atoms with Gasteiger partial charge in [-0.25, -0.2) is 0 Å². The van der Waals surface area contributed by atoms with E-state index in [-0.39, 0.29) is 12.5 Å². The van der Waals surface area contributed by atoms with Gasteiger partial charge in [0.15, 0.2) is 0 Å². The lowest BCUT2D eigenvalue weighted by Crippen LogP contribution is -2.48. The van der Waals surface area contributed by atoms with Crippen molar-refractivity contribution in [2.75, 3.05) is 33.4 Å². The molecular formula is C14H26N2O2. The van der Waals surface area contributed by atoms with E-state index < -0.39 is 0 Å². The molecule has 4 heteroatoms. The number of carbonyl (C=O) groups is 1. The van der Waals surface area contributed by atoms with Crippen LogP contribution in [-0.2, 0) is 9.53 Å². The number of ether oxygens (including phenoxy) is 1. The van der Waals surface area contributed by atoms with E-state index in [4.69, 9.17) is 4.74 Å². The van der Waals surface area contributed by atoms with Crippen LogP contribution in [0.2, 0.25) is 0 Å². The number of nitrogens with one attached hydrogen (secondary N) is 1. The molecule has 0 aromatic rings. The van der Waals surface area contributed by atoms with Gasteiger partial charge in [0.05, 0.1) is 0 Å². The van der Waals surface area contributed by atoms with Crippen molar-refractivity contribution in [1.29, 1.82) is 0 Å². The molecule has 104 valence electrons. The zero-order chi connectivity index (χ0) is 12.8. The summed E-state index contributed by atoms with van der Waals surface area (Å²) in [6, 6.07) is 0.456. The Balaban J connectivity index is 2.03. The third kappa shape index (κ3) is 3.45. The number of amides is 1. The van der Waals surface area contributed by atoms with Crippen LogP contribution in [-0.4, -0.2) is 50.2 Å². The Bertz CT molecular complexity index is 265. The molecule has 0 aliphatic carbocycles. The van der Waals surface area contributed by atoms with Gasteiger partial charge in [-0.2, -0.15) is 0 Å². The van der Waals surface area contributed by atoms with Crippen LogP contribution in [0.25, 0.3) is 0 Å². The van der Waals surface area contributed by atoms with Gasteiger partial charge in [-0.3, -0.25) is 4.79 Å². The lowest BCUT2D eigenvalue weighted by atomic mass is 9.87. The molecule has 2 heterocycles. The second kappa shape index (κ2) is 7.10. The highest BCUT2D eigenvalue weighted by Crippen LogP contribution is 2.28. The van der Waals surface area contributed by atoms with Crippen molar-refractivity contribution in [2.45, 2.75) is 44.6 Å². The molecule has 0 aromatic carbocycles. The molecule has 1 unspecified atom stereocenters. The van der Waals surface area contributed by atoms with E-state index in [1.54, 1.807) is 7.11 Å². The van der Waals surface area contributed by atoms with Crippen molar-refractivity contribution < 1.29 is 9.53 Å². The Morgan fingerprint density at radius 1 is 1.22 bits per heavy atom. The number of carbonyl (C=O) groups excluding carboxylic acids is 1. The number of rotatable bonds is 3. The fraction of sp³-hybridized carbons (Fsp3) is 0.929. The van der Waals surface area contributed by atoms with Crippen LogP contribution in [0.5, 0.6) is 0 Å². The molecule has 0 aromatic heterocycles. The molecule has 4 nitrogen and oxygen atoms in total. The largest absolute Gasteiger partial charge is 0.375 e. The fourth-order valence-electron chi connectivity index (χ4n) is 3.37. The van der Waals surface area contributed by atoms with Gasteiger partial charge in [-0.15, -0.1) is 0 Å². The highest BCUT2D eigenvalue weighted by molar-refractivity contribution is 5.77. The molecular weight excluding hydrogens is 228 g/mol. The Hall–Kier alpha value is -0.610. The second-order valence-electron chi connectivity index (χ2n) is 5.52. The van der Waals surface area contributed by atoms with Crippen molar-refractivity contribution in [3.8, 4) is 0 Å². The van der Waals surface area contributed by atoms with Gasteiger partial charge >= 0.3 is 0 Å². The maximum Gasteiger partial charge on any atom is 0.248 e. The Labute approximate surface area is 110 Å². The number of methoxy groups -OCH3 is 1. The standard InChI is InChI=1S/C14H26N2O2/c1-18-11-14(17)16-10-4-2-3-5-13(16)12-6-8-15-9-7-12/h12-13,15H,2-11H2,1H3. The summed E-state index contributed by atoms with van der Waals surface area (Å²) >= 11 is 0. The summed E-state index contributed by atoms with van der Waals surface area (Å²) in [5, 5.41) is 3.41. The average molecular weight is 254 g/mol. The summed E-state index contributed by atoms with van der Waals surface area (Å²) in [4.78, 5) is 14.3. The maximum atomic E-state index is 12.2. The van der Waals surface area contributed by atoms with Gasteiger partial charge in [0, 0.05) is 19.7 Å². The zero-order valence-electron chi connectivity index (χ0n) is 11.5. The lowest BCUT2D eigenvalue weighted by molar-refractivity contribution is -0.138. The number of nitrogens with zero attached hydrogens (tertiary/aromatic N) is 1. The smallest absolute Gasteiger partial charge is 0.248 e. The summed E-state index contributed by atoms with van der Waals surface area (Å²) in [7, 11) is 1.61. The highest BCUT2D eigenvalue weighted by Gasteiger charge is 2.32. The van der Waals surface area contributed by atoms with E-state index in [1.807, 2.05) is 0 Å². The lowest BCUT2D eigenvalue weighted by Gasteiger charge is -2.38. The Kier molecular flexibility index (Phi) is 5.45. The molecule has 2 saturated heterocycles. The normalized spacial score (nSPS) is 26.9. The average Bonchev–Trinajstić information content (AvgIpc) is 2.65. The second-order valence-corrected chi connectivity index (χ2v) is 5.52. The summed E-state index contributed by atoms with van der Waals surface area (Å²) in [5.74, 6) is 0.869. The first kappa shape index (κ1) is 13.8. The van der Waals surface area contributed by atoms with Crippen LogP contribution in [0.1, 0.15) is 38.5 Å². The van der Waals surface area contributed by atoms with Gasteiger partial charge < -0.3 is 15.0 Å². The van der Waals surface area contributed by atoms with Crippen molar-refractivity contribution in [3.63, 3.8) is 0 Å². The third-order valence-corrected chi connectivity index (χ3v) is 4.32. The van der Waals surface area contributed by atoms with Crippen LogP contribution < -0.4 is 5.32 Å². The van der Waals surface area contributed by atoms with Crippen molar-refractivity contribution >= 4 is 5.91 Å². The molecule has 0 bridgehead atoms. The minimum absolute atomic E-state index is 0.183. The van der Waals surface area contributed by atoms with E-state index >= 15 is 0 Å². The van der Waals surface area contributed by atoms with Crippen LogP contribution in [0.4, 0.5) is 0 Å². The summed E-state index contributed by atoms with van der Waals surface area (Å²) in [6.07, 6.45) is 7.28. The topological polar surface area (TPSA) is 41.6 Å². The minimum Gasteiger partial charge on any atom is -0.375 e. The Morgan fingerprint density at radius 2 is 2.00 bits per heavy atom. The van der Waals surface area contributed by atoms with E-state index in [0.717, 1.165) is 26.1 Å². The van der Waals surface area contributed by atoms with Gasteiger partial charge in [-0.05, 0) is 44.7 Å². The van der Waals surface area contributed by atoms with Crippen molar-refractivity contribution in [2.24, 2.45) is 5.92 Å². The first-order valence-electron chi connectivity index (χ1n) is 7.32. The third-order valence-electron chi connectivity index (χ3n) is 4.32. The van der Waals surface area contributed by atoms with E-state index in [1.165, 1.54) is 32.1 Å². The molecule has 2 aliphatic rings. The number of hydrogen-bond donors (Lipinski definition) is 1. The van der Waals surface area contributed by atoms with E-state index in [9.17, 15) is 4.79 Å². The van der Waals surface area contributed by atoms with Crippen LogP contribution in [0, 0.1) is 5.92 Å². The fourth-order valence-corrected chi connectivity index (χ4v) is 3.37. The maximum absolute atomic E-state index is 12.2. The first-order chi connectivity index (χ1) is 8.83.